The number of anilines is 2. The van der Waals surface area contributed by atoms with Crippen molar-refractivity contribution in [2.75, 3.05) is 17.7 Å². The number of urea groups is 1. The van der Waals surface area contributed by atoms with Crippen molar-refractivity contribution < 1.29 is 4.79 Å². The summed E-state index contributed by atoms with van der Waals surface area (Å²) >= 11 is 0. The molecule has 0 fully saturated rings. The van der Waals surface area contributed by atoms with Gasteiger partial charge in [-0.05, 0) is 44.0 Å². The van der Waals surface area contributed by atoms with Gasteiger partial charge in [0.15, 0.2) is 0 Å². The number of allylic oxidation sites excluding steroid dienone is 1. The highest BCUT2D eigenvalue weighted by atomic mass is 16.2. The average Bonchev–Trinajstić information content (AvgIpc) is 2.38. The van der Waals surface area contributed by atoms with Crippen molar-refractivity contribution in [3.8, 4) is 0 Å². The lowest BCUT2D eigenvalue weighted by molar-refractivity contribution is 0.254. The van der Waals surface area contributed by atoms with Crippen LogP contribution in [-0.2, 0) is 0 Å². The van der Waals surface area contributed by atoms with E-state index >= 15 is 0 Å². The third kappa shape index (κ3) is 4.91. The van der Waals surface area contributed by atoms with Gasteiger partial charge in [-0.2, -0.15) is 0 Å². The van der Waals surface area contributed by atoms with E-state index in [9.17, 15) is 4.79 Å². The van der Waals surface area contributed by atoms with E-state index in [2.05, 4.69) is 29.5 Å². The van der Waals surface area contributed by atoms with Crippen LogP contribution in [0.5, 0.6) is 0 Å². The average molecular weight is 247 g/mol. The van der Waals surface area contributed by atoms with Gasteiger partial charge >= 0.3 is 6.03 Å². The van der Waals surface area contributed by atoms with Gasteiger partial charge in [0.05, 0.1) is 0 Å². The third-order valence-electron chi connectivity index (χ3n) is 2.59. The Morgan fingerprint density at radius 2 is 1.94 bits per heavy atom. The van der Waals surface area contributed by atoms with Gasteiger partial charge in [-0.15, -0.1) is 6.58 Å². The van der Waals surface area contributed by atoms with E-state index in [0.717, 1.165) is 24.2 Å². The number of hydrogen-bond donors (Lipinski definition) is 3. The molecule has 3 N–H and O–H groups in total. The van der Waals surface area contributed by atoms with Crippen molar-refractivity contribution in [2.45, 2.75) is 25.8 Å². The summed E-state index contributed by atoms with van der Waals surface area (Å²) in [5.41, 5.74) is 1.83. The minimum absolute atomic E-state index is 0.213. The summed E-state index contributed by atoms with van der Waals surface area (Å²) in [6.45, 7) is 5.85. The second-order valence-electron chi connectivity index (χ2n) is 4.19. The lowest BCUT2D eigenvalue weighted by Gasteiger charge is -2.14. The van der Waals surface area contributed by atoms with Crippen molar-refractivity contribution in [3.05, 3.63) is 36.9 Å². The van der Waals surface area contributed by atoms with Crippen molar-refractivity contribution >= 4 is 17.4 Å². The zero-order chi connectivity index (χ0) is 13.4. The first-order chi connectivity index (χ1) is 8.65. The van der Waals surface area contributed by atoms with Gasteiger partial charge in [0.2, 0.25) is 0 Å². The molecule has 1 aromatic rings. The van der Waals surface area contributed by atoms with Crippen LogP contribution in [0.2, 0.25) is 0 Å². The van der Waals surface area contributed by atoms with Crippen molar-refractivity contribution in [1.29, 1.82) is 0 Å². The van der Waals surface area contributed by atoms with Crippen LogP contribution in [-0.4, -0.2) is 19.1 Å². The molecule has 0 saturated carbocycles. The van der Waals surface area contributed by atoms with Gasteiger partial charge < -0.3 is 16.0 Å². The molecule has 98 valence electrons. The topological polar surface area (TPSA) is 53.2 Å². The predicted molar refractivity (Wildman–Crippen MR) is 77.0 cm³/mol. The second-order valence-corrected chi connectivity index (χ2v) is 4.19. The van der Waals surface area contributed by atoms with E-state index in [1.807, 2.05) is 30.3 Å². The number of hydrogen-bond acceptors (Lipinski definition) is 2. The normalized spacial score (nSPS) is 11.4. The Labute approximate surface area is 108 Å². The van der Waals surface area contributed by atoms with Gasteiger partial charge in [0.25, 0.3) is 0 Å². The molecule has 1 rings (SSSR count). The Morgan fingerprint density at radius 3 is 2.50 bits per heavy atom. The fraction of sp³-hybridized carbons (Fsp3) is 0.357. The maximum Gasteiger partial charge on any atom is 0.318 e. The Kier molecular flexibility index (Phi) is 5.77. The van der Waals surface area contributed by atoms with E-state index in [0.29, 0.717) is 6.04 Å². The fourth-order valence-corrected chi connectivity index (χ4v) is 1.57. The highest BCUT2D eigenvalue weighted by Gasteiger charge is 2.02. The molecule has 0 aromatic heterocycles. The van der Waals surface area contributed by atoms with Crippen molar-refractivity contribution in [3.63, 3.8) is 0 Å². The Morgan fingerprint density at radius 1 is 1.33 bits per heavy atom. The molecule has 0 heterocycles. The van der Waals surface area contributed by atoms with Gasteiger partial charge in [0.1, 0.15) is 0 Å². The largest absolute Gasteiger partial charge is 0.383 e. The molecule has 4 heteroatoms. The molecule has 0 aliphatic rings. The van der Waals surface area contributed by atoms with Crippen LogP contribution in [0.1, 0.15) is 19.8 Å². The summed E-state index contributed by atoms with van der Waals surface area (Å²) in [6, 6.07) is 7.84. The standard InChI is InChI=1S/C14H21N3O/c1-4-5-6-11(2)16-12-7-9-13(10-8-12)17-14(18)15-3/h4,7-11,16H,1,5-6H2,2-3H3,(H2,15,17,18). The molecule has 0 bridgehead atoms. The molecule has 1 atom stereocenters. The van der Waals surface area contributed by atoms with Crippen LogP contribution >= 0.6 is 0 Å². The molecule has 18 heavy (non-hydrogen) atoms. The van der Waals surface area contributed by atoms with Crippen molar-refractivity contribution in [2.24, 2.45) is 0 Å². The van der Waals surface area contributed by atoms with Gasteiger partial charge in [0, 0.05) is 24.5 Å². The Balaban J connectivity index is 2.49. The number of carbonyl (C=O) groups is 1. The molecule has 0 saturated heterocycles. The lowest BCUT2D eigenvalue weighted by atomic mass is 10.1. The van der Waals surface area contributed by atoms with Gasteiger partial charge in [-0.3, -0.25) is 0 Å². The summed E-state index contributed by atoms with van der Waals surface area (Å²) in [5, 5.41) is 8.62. The minimum Gasteiger partial charge on any atom is -0.383 e. The van der Waals surface area contributed by atoms with Crippen LogP contribution in [0.15, 0.2) is 36.9 Å². The zero-order valence-corrected chi connectivity index (χ0v) is 11.0. The van der Waals surface area contributed by atoms with Crippen LogP contribution in [0, 0.1) is 0 Å². The number of rotatable bonds is 6. The molecule has 0 spiro atoms. The summed E-state index contributed by atoms with van der Waals surface area (Å²) < 4.78 is 0. The summed E-state index contributed by atoms with van der Waals surface area (Å²) in [4.78, 5) is 11.1. The number of benzene rings is 1. The lowest BCUT2D eigenvalue weighted by Crippen LogP contribution is -2.24. The molecule has 0 aliphatic heterocycles. The smallest absolute Gasteiger partial charge is 0.318 e. The minimum atomic E-state index is -0.213. The van der Waals surface area contributed by atoms with Crippen LogP contribution < -0.4 is 16.0 Å². The van der Waals surface area contributed by atoms with Crippen LogP contribution in [0.3, 0.4) is 0 Å². The van der Waals surface area contributed by atoms with E-state index in [-0.39, 0.29) is 6.03 Å². The highest BCUT2D eigenvalue weighted by molar-refractivity contribution is 5.89. The first kappa shape index (κ1) is 14.1. The molecular formula is C14H21N3O. The fourth-order valence-electron chi connectivity index (χ4n) is 1.57. The van der Waals surface area contributed by atoms with E-state index in [4.69, 9.17) is 0 Å². The molecular weight excluding hydrogens is 226 g/mol. The number of carbonyl (C=O) groups excluding carboxylic acids is 1. The SMILES string of the molecule is C=CCCC(C)Nc1ccc(NC(=O)NC)cc1. The van der Waals surface area contributed by atoms with Gasteiger partial charge in [-0.25, -0.2) is 4.79 Å². The Bertz CT molecular complexity index is 387. The monoisotopic (exact) mass is 247 g/mol. The number of amides is 2. The van der Waals surface area contributed by atoms with E-state index < -0.39 is 0 Å². The summed E-state index contributed by atoms with van der Waals surface area (Å²) in [5.74, 6) is 0. The molecule has 1 aromatic carbocycles. The molecule has 4 nitrogen and oxygen atoms in total. The van der Waals surface area contributed by atoms with Crippen molar-refractivity contribution in [1.82, 2.24) is 5.32 Å². The molecule has 0 radical (unpaired) electrons. The van der Waals surface area contributed by atoms with E-state index in [1.165, 1.54) is 0 Å². The first-order valence-corrected chi connectivity index (χ1v) is 6.12. The molecule has 1 unspecified atom stereocenters. The molecule has 2 amide bonds. The summed E-state index contributed by atoms with van der Waals surface area (Å²) in [7, 11) is 1.59. The summed E-state index contributed by atoms with van der Waals surface area (Å²) in [6.07, 6.45) is 3.99. The second kappa shape index (κ2) is 7.37. The highest BCUT2D eigenvalue weighted by Crippen LogP contribution is 2.15. The molecule has 0 aliphatic carbocycles. The third-order valence-corrected chi connectivity index (χ3v) is 2.59. The first-order valence-electron chi connectivity index (χ1n) is 6.12. The Hall–Kier alpha value is -1.97. The maximum absolute atomic E-state index is 11.1. The number of nitrogens with one attached hydrogen (secondary N) is 3. The van der Waals surface area contributed by atoms with E-state index in [1.54, 1.807) is 7.05 Å². The quantitative estimate of drug-likeness (QED) is 0.676. The van der Waals surface area contributed by atoms with Crippen LogP contribution in [0.25, 0.3) is 0 Å². The van der Waals surface area contributed by atoms with Crippen LogP contribution in [0.4, 0.5) is 16.2 Å². The zero-order valence-electron chi connectivity index (χ0n) is 11.0. The predicted octanol–water partition coefficient (Wildman–Crippen LogP) is 3.20. The van der Waals surface area contributed by atoms with Gasteiger partial charge in [-0.1, -0.05) is 6.08 Å². The maximum atomic E-state index is 11.1.